The van der Waals surface area contributed by atoms with Gasteiger partial charge in [0.1, 0.15) is 29.5 Å². The third-order valence-corrected chi connectivity index (χ3v) is 18.0. The van der Waals surface area contributed by atoms with Crippen molar-refractivity contribution >= 4 is 76.2 Å². The minimum Gasteiger partial charge on any atom is -0.480 e. The number of rotatable bonds is 29. The van der Waals surface area contributed by atoms with Crippen LogP contribution in [0.25, 0.3) is 10.9 Å². The highest BCUT2D eigenvalue weighted by Gasteiger charge is 2.46. The number of amides is 9. The lowest BCUT2D eigenvalue weighted by molar-refractivity contribution is -0.141. The van der Waals surface area contributed by atoms with E-state index >= 15 is 0 Å². The summed E-state index contributed by atoms with van der Waals surface area (Å²) in [6.07, 6.45) is 6.35. The van der Waals surface area contributed by atoms with Crippen LogP contribution in [0.5, 0.6) is 0 Å². The average molecular weight is 1350 g/mol. The van der Waals surface area contributed by atoms with E-state index < -0.39 is 77.1 Å². The predicted octanol–water partition coefficient (Wildman–Crippen LogP) is 1.00. The molecule has 4 aromatic rings. The van der Waals surface area contributed by atoms with Crippen LogP contribution in [0, 0.1) is 24.6 Å². The monoisotopic (exact) mass is 1350 g/mol. The summed E-state index contributed by atoms with van der Waals surface area (Å²) in [6.45, 7) is 6.30. The summed E-state index contributed by atoms with van der Waals surface area (Å²) >= 11 is 0. The molecule has 3 fully saturated rings. The van der Waals surface area contributed by atoms with Crippen LogP contribution in [0.15, 0.2) is 72.9 Å². The van der Waals surface area contributed by atoms with Gasteiger partial charge in [-0.05, 0) is 91.0 Å². The SMILES string of the molecule is Cc1ccc(CNCC(=O)N2CCC(NC(=O)[C@H](CC(C)C)NC(=O)NNC(=O)[C@H](CC3CCCCC3)NC(=O)c3ccc(CNC(=O)CN4CCN(CC(=O)O)CCN(CC(=O)O)CCN(CC(=O)O)CC4)cc3)(C(=O)N[C@@H](Cc3c[nH]c4ccccc34)C(N)=O)CC2)cc1F. The lowest BCUT2D eigenvalue weighted by atomic mass is 9.84. The highest BCUT2D eigenvalue weighted by Crippen LogP contribution is 2.29. The molecule has 97 heavy (non-hydrogen) atoms. The first-order valence-electron chi connectivity index (χ1n) is 33.1. The van der Waals surface area contributed by atoms with Gasteiger partial charge in [0.2, 0.25) is 29.5 Å². The molecular formula is C67H94FN15O14. The van der Waals surface area contributed by atoms with Gasteiger partial charge < -0.3 is 62.8 Å². The maximum atomic E-state index is 14.8. The standard InChI is InChI=1S/C67H94FN15O14/c1-43(2)31-54(63(94)76-67(65(96)74-53(61(69)92)34-49-37-71-52-12-8-7-11-50(49)52)19-21-83(22-20-67)57(85)38-70-35-47-14-13-44(3)51(68)32-47)75-66(97)78-77-64(95)55(33-45-9-5-4-6-10-45)73-62(93)48-17-15-46(16-18-48)36-72-56(84)39-79-23-25-80(40-58(86)87)27-29-82(42-60(90)91)30-28-81(26-24-79)41-59(88)89/h7-8,11-18,32,37,43,45,53-55,70-71H,4-6,9-10,19-31,33-36,38-42H2,1-3H3,(H2,69,92)(H,72,84)(H,73,93)(H,74,96)(H,76,94)(H,77,95)(H,86,87)(H,88,89)(H,90,91)(H2,75,78,97)/t53-,54-,55-/m0/s1. The molecule has 3 heterocycles. The number of nitrogens with two attached hydrogens (primary N) is 1. The second-order valence-corrected chi connectivity index (χ2v) is 25.9. The zero-order valence-electron chi connectivity index (χ0n) is 55.4. The van der Waals surface area contributed by atoms with Crippen LogP contribution in [-0.4, -0.2) is 232 Å². The first kappa shape index (κ1) is 75.3. The van der Waals surface area contributed by atoms with Crippen LogP contribution in [0.1, 0.15) is 104 Å². The Kier molecular flexibility index (Phi) is 28.6. The first-order chi connectivity index (χ1) is 46.3. The summed E-state index contributed by atoms with van der Waals surface area (Å²) in [5.41, 5.74) is 12.4. The molecule has 2 aliphatic heterocycles. The molecule has 3 aromatic carbocycles. The Bertz CT molecular complexity index is 3360. The molecule has 0 radical (unpaired) electrons. The largest absolute Gasteiger partial charge is 0.480 e. The number of carboxylic acid groups (broad SMARTS) is 3. The number of aromatic amines is 1. The fraction of sp³-hybridized carbons (Fsp3) is 0.537. The lowest BCUT2D eigenvalue weighted by Crippen LogP contribution is -2.68. The Balaban J connectivity index is 0.969. The number of nitrogens with zero attached hydrogens (tertiary/aromatic N) is 5. The molecular weight excluding hydrogens is 1260 g/mol. The number of urea groups is 1. The van der Waals surface area contributed by atoms with Gasteiger partial charge in [0, 0.05) is 108 Å². The molecule has 30 heteroatoms. The molecule has 3 aliphatic rings. The van der Waals surface area contributed by atoms with E-state index in [0.717, 1.165) is 43.0 Å². The summed E-state index contributed by atoms with van der Waals surface area (Å²) < 4.78 is 14.3. The van der Waals surface area contributed by atoms with E-state index in [1.54, 1.807) is 57.0 Å². The van der Waals surface area contributed by atoms with Crippen molar-refractivity contribution in [1.29, 1.82) is 0 Å². The molecule has 29 nitrogen and oxygen atoms in total. The number of aryl methyl sites for hydroxylation is 1. The third-order valence-electron chi connectivity index (χ3n) is 18.0. The van der Waals surface area contributed by atoms with Crippen molar-refractivity contribution in [1.82, 2.24) is 72.2 Å². The van der Waals surface area contributed by atoms with Gasteiger partial charge in [-0.25, -0.2) is 14.6 Å². The summed E-state index contributed by atoms with van der Waals surface area (Å²) in [4.78, 5) is 158. The topological polar surface area (TPSA) is 403 Å². The van der Waals surface area contributed by atoms with E-state index in [-0.39, 0.29) is 178 Å². The summed E-state index contributed by atoms with van der Waals surface area (Å²) in [7, 11) is 0. The molecule has 2 saturated heterocycles. The number of aliphatic carboxylic acids is 3. The van der Waals surface area contributed by atoms with Gasteiger partial charge in [-0.3, -0.25) is 73.0 Å². The van der Waals surface area contributed by atoms with Gasteiger partial charge in [-0.15, -0.1) is 0 Å². The second kappa shape index (κ2) is 36.9. The van der Waals surface area contributed by atoms with Crippen molar-refractivity contribution in [2.75, 3.05) is 98.2 Å². The summed E-state index contributed by atoms with van der Waals surface area (Å²) in [6, 6.07) is 13.9. The van der Waals surface area contributed by atoms with E-state index in [0.29, 0.717) is 22.3 Å². The average Bonchev–Trinajstić information content (AvgIpc) is 0.854. The molecule has 528 valence electrons. The molecule has 0 unspecified atom stereocenters. The van der Waals surface area contributed by atoms with E-state index in [1.165, 1.54) is 23.1 Å². The maximum Gasteiger partial charge on any atom is 0.334 e. The number of H-pyrrole nitrogens is 1. The van der Waals surface area contributed by atoms with Crippen molar-refractivity contribution in [2.45, 2.75) is 122 Å². The fourth-order valence-corrected chi connectivity index (χ4v) is 12.4. The lowest BCUT2D eigenvalue weighted by Gasteiger charge is -2.42. The van der Waals surface area contributed by atoms with Crippen molar-refractivity contribution in [3.05, 3.63) is 107 Å². The van der Waals surface area contributed by atoms with Crippen LogP contribution in [0.3, 0.4) is 0 Å². The number of para-hydroxylation sites is 1. The normalized spacial score (nSPS) is 17.3. The summed E-state index contributed by atoms with van der Waals surface area (Å²) in [5.74, 6) is -8.07. The van der Waals surface area contributed by atoms with Gasteiger partial charge in [-0.1, -0.05) is 88.4 Å². The Morgan fingerprint density at radius 2 is 1.23 bits per heavy atom. The van der Waals surface area contributed by atoms with Crippen molar-refractivity contribution in [3.8, 4) is 0 Å². The number of carboxylic acids is 3. The maximum absolute atomic E-state index is 14.8. The number of nitrogens with one attached hydrogen (secondary N) is 9. The van der Waals surface area contributed by atoms with Gasteiger partial charge >= 0.3 is 23.9 Å². The van der Waals surface area contributed by atoms with Crippen LogP contribution in [-0.2, 0) is 62.7 Å². The molecule has 14 N–H and O–H groups in total. The molecule has 1 aromatic heterocycles. The number of hydrazine groups is 1. The number of halogens is 1. The fourth-order valence-electron chi connectivity index (χ4n) is 12.4. The molecule has 9 amide bonds. The zero-order valence-corrected chi connectivity index (χ0v) is 55.4. The number of benzene rings is 3. The number of carbonyl (C=O) groups is 11. The Morgan fingerprint density at radius 3 is 1.79 bits per heavy atom. The summed E-state index contributed by atoms with van der Waals surface area (Å²) in [5, 5.41) is 46.5. The van der Waals surface area contributed by atoms with E-state index in [9.17, 15) is 72.4 Å². The van der Waals surface area contributed by atoms with Crippen LogP contribution in [0.4, 0.5) is 9.18 Å². The van der Waals surface area contributed by atoms with Crippen molar-refractivity contribution in [2.24, 2.45) is 17.6 Å². The van der Waals surface area contributed by atoms with Crippen molar-refractivity contribution < 1.29 is 72.4 Å². The number of hydrogen-bond donors (Lipinski definition) is 13. The number of primary amides is 1. The number of carbonyl (C=O) groups excluding carboxylic acids is 8. The van der Waals surface area contributed by atoms with Gasteiger partial charge in [-0.2, -0.15) is 0 Å². The minimum absolute atomic E-state index is 0.0000920. The van der Waals surface area contributed by atoms with Gasteiger partial charge in [0.05, 0.1) is 32.7 Å². The Morgan fingerprint density at radius 1 is 0.649 bits per heavy atom. The van der Waals surface area contributed by atoms with Crippen LogP contribution >= 0.6 is 0 Å². The highest BCUT2D eigenvalue weighted by molar-refractivity contribution is 5.99. The molecule has 0 spiro atoms. The molecule has 7 rings (SSSR count). The van der Waals surface area contributed by atoms with Crippen LogP contribution < -0.4 is 48.5 Å². The Hall–Kier alpha value is -9.10. The molecule has 1 saturated carbocycles. The van der Waals surface area contributed by atoms with E-state index in [2.05, 4.69) is 47.7 Å². The van der Waals surface area contributed by atoms with Crippen molar-refractivity contribution in [3.63, 3.8) is 0 Å². The zero-order chi connectivity index (χ0) is 70.2. The number of likely N-dealkylation sites (tertiary alicyclic amines) is 1. The van der Waals surface area contributed by atoms with E-state index in [1.807, 2.05) is 38.1 Å². The second-order valence-electron chi connectivity index (χ2n) is 25.9. The Labute approximate surface area is 562 Å². The quantitative estimate of drug-likeness (QED) is 0.0337. The number of piperidine rings is 1. The third kappa shape index (κ3) is 24.2. The smallest absolute Gasteiger partial charge is 0.334 e. The first-order valence-corrected chi connectivity index (χ1v) is 33.1. The van der Waals surface area contributed by atoms with Gasteiger partial charge in [0.15, 0.2) is 0 Å². The number of aromatic nitrogens is 1. The highest BCUT2D eigenvalue weighted by atomic mass is 19.1. The molecule has 3 atom stereocenters. The molecule has 0 bridgehead atoms. The molecule has 1 aliphatic carbocycles. The predicted molar refractivity (Wildman–Crippen MR) is 355 cm³/mol. The van der Waals surface area contributed by atoms with Crippen LogP contribution in [0.2, 0.25) is 0 Å². The van der Waals surface area contributed by atoms with E-state index in [4.69, 9.17) is 5.73 Å². The number of hydrogen-bond acceptors (Lipinski definition) is 16. The minimum atomic E-state index is -1.72. The number of fused-ring (bicyclic) bond motifs is 1. The van der Waals surface area contributed by atoms with Gasteiger partial charge in [0.25, 0.3) is 11.8 Å².